The molecule has 8 nitrogen and oxygen atoms in total. The van der Waals surface area contributed by atoms with Crippen LogP contribution in [0.3, 0.4) is 0 Å². The lowest BCUT2D eigenvalue weighted by molar-refractivity contribution is -0.227. The maximum atomic E-state index is 14.0. The highest BCUT2D eigenvalue weighted by molar-refractivity contribution is 5.91. The molecule has 3 heterocycles. The van der Waals surface area contributed by atoms with Crippen molar-refractivity contribution >= 4 is 18.0 Å². The lowest BCUT2D eigenvalue weighted by Gasteiger charge is -2.41. The third-order valence-electron chi connectivity index (χ3n) is 9.79. The van der Waals surface area contributed by atoms with Gasteiger partial charge >= 0.3 is 11.9 Å². The second-order valence-electron chi connectivity index (χ2n) is 13.4. The van der Waals surface area contributed by atoms with Crippen molar-refractivity contribution in [2.24, 2.45) is 30.7 Å². The van der Waals surface area contributed by atoms with Crippen LogP contribution in [-0.4, -0.2) is 52.7 Å². The molecule has 5 rings (SSSR count). The number of imidazole rings is 1. The second-order valence-corrected chi connectivity index (χ2v) is 13.4. The fourth-order valence-corrected chi connectivity index (χ4v) is 7.06. The number of rotatable bonds is 11. The van der Waals surface area contributed by atoms with Crippen LogP contribution in [0.2, 0.25) is 0 Å². The third-order valence-corrected chi connectivity index (χ3v) is 9.79. The summed E-state index contributed by atoms with van der Waals surface area (Å²) >= 11 is 0. The van der Waals surface area contributed by atoms with E-state index in [1.165, 1.54) is 24.3 Å². The number of aromatic nitrogens is 2. The summed E-state index contributed by atoms with van der Waals surface area (Å²) in [5.41, 5.74) is 2.43. The van der Waals surface area contributed by atoms with Gasteiger partial charge in [0.25, 0.3) is 0 Å². The molecule has 0 saturated carbocycles. The van der Waals surface area contributed by atoms with Gasteiger partial charge in [0.15, 0.2) is 0 Å². The fraction of sp³-hybridized carbons (Fsp3) is 0.500. The number of carbonyl (C=O) groups excluding carboxylic acids is 2. The molecule has 0 unspecified atom stereocenters. The zero-order valence-electron chi connectivity index (χ0n) is 28.0. The molecule has 1 aliphatic carbocycles. The number of hydrogen-bond donors (Lipinski definition) is 0. The zero-order chi connectivity index (χ0) is 32.9. The molecule has 0 saturated heterocycles. The topological polar surface area (TPSA) is 88.9 Å². The summed E-state index contributed by atoms with van der Waals surface area (Å²) in [5, 5.41) is 0. The predicted octanol–water partition coefficient (Wildman–Crippen LogP) is 6.78. The first-order valence-electron chi connectivity index (χ1n) is 16.5. The van der Waals surface area contributed by atoms with Crippen molar-refractivity contribution < 1.29 is 28.5 Å². The number of fused-ring (bicyclic) bond motifs is 3. The summed E-state index contributed by atoms with van der Waals surface area (Å²) in [4.78, 5) is 31.5. The molecule has 46 heavy (non-hydrogen) atoms. The molecular formula is C38H48N2O6. The fourth-order valence-electron chi connectivity index (χ4n) is 7.06. The van der Waals surface area contributed by atoms with Crippen LogP contribution < -0.4 is 0 Å². The van der Waals surface area contributed by atoms with Gasteiger partial charge < -0.3 is 23.5 Å². The van der Waals surface area contributed by atoms with E-state index < -0.39 is 29.4 Å². The number of unbranched alkanes of at least 4 members (excludes halogenated alkanes) is 1. The van der Waals surface area contributed by atoms with Crippen molar-refractivity contribution in [3.05, 3.63) is 95.6 Å². The summed E-state index contributed by atoms with van der Waals surface area (Å²) in [6.07, 6.45) is 17.9. The standard InChI is InChI=1S/C38H48N2O6/c1-26(2)30-17-15-27(3)31-23-34(45-35(41)18-16-29-24-40(5)25-39-29)37(4)19-20-38(43-6,46-37)33(22-32(30)31)36(42)44-21-11-10-14-28-12-8-7-9-13-28/h7-9,12-13,15-16,18-20,22,24-26,30-32,34H,10-11,14,17,21,23H2,1-6H3/b18-16+,33-22-/t30-,31+,32-,34+,37+,38-/m1/s1. The molecule has 0 amide bonds. The van der Waals surface area contributed by atoms with E-state index in [2.05, 4.69) is 44.0 Å². The smallest absolute Gasteiger partial charge is 0.339 e. The lowest BCUT2D eigenvalue weighted by Crippen LogP contribution is -2.48. The van der Waals surface area contributed by atoms with E-state index in [1.54, 1.807) is 18.5 Å². The van der Waals surface area contributed by atoms with Gasteiger partial charge in [-0.3, -0.25) is 0 Å². The molecule has 8 heteroatoms. The van der Waals surface area contributed by atoms with Crippen molar-refractivity contribution in [3.8, 4) is 0 Å². The minimum atomic E-state index is -1.48. The van der Waals surface area contributed by atoms with Crippen molar-refractivity contribution in [2.75, 3.05) is 13.7 Å². The highest BCUT2D eigenvalue weighted by atomic mass is 16.7. The SMILES string of the molecule is CO[C@]12C=C[C@](C)(O1)[C@@H](OC(=O)/C=C/c1cn(C)cn1)C[C@H]1C(C)=CC[C@H](C(C)C)[C@H]1/C=C\2C(=O)OCCCCc1ccccc1. The first-order valence-corrected chi connectivity index (χ1v) is 16.5. The molecule has 0 radical (unpaired) electrons. The van der Waals surface area contributed by atoms with Gasteiger partial charge in [-0.1, -0.05) is 61.9 Å². The van der Waals surface area contributed by atoms with Crippen molar-refractivity contribution in [1.82, 2.24) is 9.55 Å². The van der Waals surface area contributed by atoms with Crippen molar-refractivity contribution in [3.63, 3.8) is 0 Å². The lowest BCUT2D eigenvalue weighted by atomic mass is 9.65. The molecule has 1 aromatic heterocycles. The number of nitrogens with zero attached hydrogens (tertiary/aromatic N) is 2. The molecule has 246 valence electrons. The molecule has 0 fully saturated rings. The van der Waals surface area contributed by atoms with E-state index in [1.807, 2.05) is 55.1 Å². The van der Waals surface area contributed by atoms with Crippen LogP contribution in [0.1, 0.15) is 64.6 Å². The van der Waals surface area contributed by atoms with Crippen LogP contribution >= 0.6 is 0 Å². The first-order chi connectivity index (χ1) is 22.0. The number of ether oxygens (including phenoxy) is 4. The molecule has 0 spiro atoms. The van der Waals surface area contributed by atoms with E-state index in [0.29, 0.717) is 30.2 Å². The Morgan fingerprint density at radius 2 is 1.96 bits per heavy atom. The second kappa shape index (κ2) is 14.3. The number of esters is 2. The average Bonchev–Trinajstić information content (AvgIpc) is 3.63. The molecule has 2 bridgehead atoms. The Morgan fingerprint density at radius 3 is 2.65 bits per heavy atom. The summed E-state index contributed by atoms with van der Waals surface area (Å²) in [7, 11) is 3.41. The Balaban J connectivity index is 1.42. The van der Waals surface area contributed by atoms with Gasteiger partial charge in [-0.05, 0) is 93.4 Å². The van der Waals surface area contributed by atoms with Gasteiger partial charge in [0, 0.05) is 26.4 Å². The highest BCUT2D eigenvalue weighted by Gasteiger charge is 2.55. The van der Waals surface area contributed by atoms with Gasteiger partial charge in [0.2, 0.25) is 5.79 Å². The van der Waals surface area contributed by atoms with E-state index in [-0.39, 0.29) is 17.8 Å². The van der Waals surface area contributed by atoms with Crippen LogP contribution in [0.5, 0.6) is 0 Å². The largest absolute Gasteiger partial charge is 0.462 e. The van der Waals surface area contributed by atoms with E-state index in [0.717, 1.165) is 25.7 Å². The molecular weight excluding hydrogens is 580 g/mol. The molecule has 6 atom stereocenters. The quantitative estimate of drug-likeness (QED) is 0.117. The normalized spacial score (nSPS) is 30.2. The van der Waals surface area contributed by atoms with E-state index >= 15 is 0 Å². The Labute approximate surface area is 273 Å². The van der Waals surface area contributed by atoms with Crippen molar-refractivity contribution in [2.45, 2.75) is 77.3 Å². The number of carbonyl (C=O) groups is 2. The first kappa shape index (κ1) is 33.6. The van der Waals surface area contributed by atoms with Crippen molar-refractivity contribution in [1.29, 1.82) is 0 Å². The molecule has 2 aliphatic heterocycles. The van der Waals surface area contributed by atoms with E-state index in [4.69, 9.17) is 18.9 Å². The Morgan fingerprint density at radius 1 is 1.17 bits per heavy atom. The number of aryl methyl sites for hydroxylation is 2. The third kappa shape index (κ3) is 7.45. The highest BCUT2D eigenvalue weighted by Crippen LogP contribution is 2.49. The van der Waals surface area contributed by atoms with Crippen LogP contribution in [0.25, 0.3) is 6.08 Å². The predicted molar refractivity (Wildman–Crippen MR) is 177 cm³/mol. The van der Waals surface area contributed by atoms with Gasteiger partial charge in [-0.25, -0.2) is 14.6 Å². The van der Waals surface area contributed by atoms with Crippen LogP contribution in [0.4, 0.5) is 0 Å². The maximum absolute atomic E-state index is 14.0. The van der Waals surface area contributed by atoms with Gasteiger partial charge in [-0.2, -0.15) is 0 Å². The maximum Gasteiger partial charge on any atom is 0.339 e. The summed E-state index contributed by atoms with van der Waals surface area (Å²) in [6.45, 7) is 8.76. The monoisotopic (exact) mass is 628 g/mol. The number of benzene rings is 1. The molecule has 0 N–H and O–H groups in total. The summed E-state index contributed by atoms with van der Waals surface area (Å²) < 4.78 is 26.7. The average molecular weight is 629 g/mol. The van der Waals surface area contributed by atoms with Gasteiger partial charge in [-0.15, -0.1) is 0 Å². The van der Waals surface area contributed by atoms with Crippen LogP contribution in [0.15, 0.2) is 84.4 Å². The minimum Gasteiger partial charge on any atom is -0.462 e. The molecule has 2 aromatic rings. The van der Waals surface area contributed by atoms with Crippen LogP contribution in [0, 0.1) is 23.7 Å². The zero-order valence-corrected chi connectivity index (χ0v) is 28.0. The van der Waals surface area contributed by atoms with Gasteiger partial charge in [0.1, 0.15) is 11.7 Å². The molecule has 3 aliphatic rings. The summed E-state index contributed by atoms with van der Waals surface area (Å²) in [6, 6.07) is 10.3. The Bertz CT molecular complexity index is 1500. The van der Waals surface area contributed by atoms with E-state index in [9.17, 15) is 9.59 Å². The summed E-state index contributed by atoms with van der Waals surface area (Å²) in [5.74, 6) is -1.77. The van der Waals surface area contributed by atoms with Gasteiger partial charge in [0.05, 0.1) is 24.2 Å². The Kier molecular flexibility index (Phi) is 10.5. The van der Waals surface area contributed by atoms with Crippen LogP contribution in [-0.2, 0) is 42.0 Å². The number of hydrogen-bond acceptors (Lipinski definition) is 7. The Hall–Kier alpha value is -3.75. The number of methoxy groups -OCH3 is 1. The molecule has 1 aromatic carbocycles. The number of allylic oxidation sites excluding steroid dienone is 3. The minimum absolute atomic E-state index is 0.0112.